The lowest BCUT2D eigenvalue weighted by molar-refractivity contribution is 0.0562. The van der Waals surface area contributed by atoms with Crippen molar-refractivity contribution >= 4 is 5.97 Å². The molecule has 0 aliphatic rings. The summed E-state index contributed by atoms with van der Waals surface area (Å²) in [5.41, 5.74) is 6.69. The van der Waals surface area contributed by atoms with Gasteiger partial charge < -0.3 is 19.3 Å². The third kappa shape index (κ3) is 1.85. The molecule has 0 fully saturated rings. The van der Waals surface area contributed by atoms with E-state index in [4.69, 9.17) is 14.6 Å². The van der Waals surface area contributed by atoms with Crippen molar-refractivity contribution in [2.75, 3.05) is 7.11 Å². The molecule has 0 spiro atoms. The first-order valence-electron chi connectivity index (χ1n) is 4.68. The minimum Gasteiger partial charge on any atom is -0.472 e. The molecule has 0 saturated heterocycles. The molecule has 0 aliphatic heterocycles. The van der Waals surface area contributed by atoms with Crippen LogP contribution >= 0.6 is 0 Å². The number of hydrogen-bond donors (Lipinski definition) is 1. The van der Waals surface area contributed by atoms with Gasteiger partial charge in [0.05, 0.1) is 25.7 Å². The van der Waals surface area contributed by atoms with E-state index in [1.807, 2.05) is 0 Å². The number of carbonyl (C=O) groups is 1. The molecule has 2 rings (SSSR count). The van der Waals surface area contributed by atoms with Crippen molar-refractivity contribution in [1.82, 2.24) is 0 Å². The second-order valence-electron chi connectivity index (χ2n) is 3.23. The predicted octanol–water partition coefficient (Wildman–Crippen LogP) is 1.71. The van der Waals surface area contributed by atoms with Crippen LogP contribution in [0.5, 0.6) is 0 Å². The molecular weight excluding hydrogens is 210 g/mol. The number of rotatable bonds is 3. The summed E-state index contributed by atoms with van der Waals surface area (Å²) in [6.45, 7) is 0. The summed E-state index contributed by atoms with van der Waals surface area (Å²) < 4.78 is 14.7. The number of esters is 1. The Balaban J connectivity index is 2.22. The van der Waals surface area contributed by atoms with Crippen molar-refractivity contribution < 1.29 is 18.4 Å². The molecule has 84 valence electrons. The number of furan rings is 2. The van der Waals surface area contributed by atoms with Gasteiger partial charge in [0.25, 0.3) is 0 Å². The lowest BCUT2D eigenvalue weighted by Crippen LogP contribution is -2.09. The number of ether oxygens (including phenoxy) is 1. The molecular formula is C11H11NO4. The van der Waals surface area contributed by atoms with Crippen LogP contribution in [0.2, 0.25) is 0 Å². The molecule has 0 amide bonds. The van der Waals surface area contributed by atoms with E-state index in [-0.39, 0.29) is 5.76 Å². The van der Waals surface area contributed by atoms with E-state index in [1.165, 1.54) is 25.7 Å². The van der Waals surface area contributed by atoms with E-state index in [9.17, 15) is 4.79 Å². The SMILES string of the molecule is COC(=O)c1ccc(C(N)c2ccoc2)o1. The molecule has 5 nitrogen and oxygen atoms in total. The fourth-order valence-electron chi connectivity index (χ4n) is 1.35. The Morgan fingerprint density at radius 1 is 1.44 bits per heavy atom. The maximum atomic E-state index is 11.2. The summed E-state index contributed by atoms with van der Waals surface area (Å²) in [4.78, 5) is 11.2. The monoisotopic (exact) mass is 221 g/mol. The summed E-state index contributed by atoms with van der Waals surface area (Å²) in [7, 11) is 1.29. The number of carbonyl (C=O) groups excluding carboxylic acids is 1. The van der Waals surface area contributed by atoms with Crippen molar-refractivity contribution in [1.29, 1.82) is 0 Å². The van der Waals surface area contributed by atoms with Crippen LogP contribution in [0, 0.1) is 0 Å². The van der Waals surface area contributed by atoms with E-state index in [0.29, 0.717) is 5.76 Å². The smallest absolute Gasteiger partial charge is 0.373 e. The Labute approximate surface area is 91.8 Å². The molecule has 0 radical (unpaired) electrons. The Morgan fingerprint density at radius 2 is 2.25 bits per heavy atom. The highest BCUT2D eigenvalue weighted by molar-refractivity contribution is 5.86. The third-order valence-electron chi connectivity index (χ3n) is 2.22. The summed E-state index contributed by atoms with van der Waals surface area (Å²) in [5, 5.41) is 0. The highest BCUT2D eigenvalue weighted by Gasteiger charge is 2.17. The van der Waals surface area contributed by atoms with E-state index in [2.05, 4.69) is 4.74 Å². The molecule has 5 heteroatoms. The van der Waals surface area contributed by atoms with Crippen LogP contribution < -0.4 is 5.73 Å². The van der Waals surface area contributed by atoms with Crippen LogP contribution in [0.4, 0.5) is 0 Å². The van der Waals surface area contributed by atoms with Gasteiger partial charge in [-0.15, -0.1) is 0 Å². The van der Waals surface area contributed by atoms with Crippen LogP contribution in [0.25, 0.3) is 0 Å². The molecule has 2 aromatic rings. The van der Waals surface area contributed by atoms with E-state index in [0.717, 1.165) is 5.56 Å². The van der Waals surface area contributed by atoms with Crippen LogP contribution in [-0.2, 0) is 4.74 Å². The van der Waals surface area contributed by atoms with Gasteiger partial charge in [-0.3, -0.25) is 0 Å². The maximum absolute atomic E-state index is 11.2. The van der Waals surface area contributed by atoms with Gasteiger partial charge in [0, 0.05) is 5.56 Å². The van der Waals surface area contributed by atoms with Crippen LogP contribution in [0.1, 0.15) is 27.9 Å². The molecule has 0 saturated carbocycles. The maximum Gasteiger partial charge on any atom is 0.373 e. The van der Waals surface area contributed by atoms with E-state index in [1.54, 1.807) is 12.1 Å². The summed E-state index contributed by atoms with van der Waals surface area (Å²) in [5.74, 6) is 0.101. The van der Waals surface area contributed by atoms with E-state index < -0.39 is 12.0 Å². The van der Waals surface area contributed by atoms with Crippen molar-refractivity contribution in [2.45, 2.75) is 6.04 Å². The summed E-state index contributed by atoms with van der Waals surface area (Å²) in [6, 6.07) is 4.47. The van der Waals surface area contributed by atoms with Crippen molar-refractivity contribution in [2.24, 2.45) is 5.73 Å². The molecule has 0 bridgehead atoms. The Morgan fingerprint density at radius 3 is 2.88 bits per heavy atom. The number of methoxy groups -OCH3 is 1. The fraction of sp³-hybridized carbons (Fsp3) is 0.182. The third-order valence-corrected chi connectivity index (χ3v) is 2.22. The largest absolute Gasteiger partial charge is 0.472 e. The van der Waals surface area contributed by atoms with Gasteiger partial charge in [-0.25, -0.2) is 4.79 Å². The zero-order chi connectivity index (χ0) is 11.5. The average molecular weight is 221 g/mol. The van der Waals surface area contributed by atoms with Gasteiger partial charge in [0.1, 0.15) is 5.76 Å². The lowest BCUT2D eigenvalue weighted by atomic mass is 10.1. The second kappa shape index (κ2) is 4.24. The Bertz CT molecular complexity index is 472. The highest BCUT2D eigenvalue weighted by Crippen LogP contribution is 2.22. The van der Waals surface area contributed by atoms with E-state index >= 15 is 0 Å². The van der Waals surface area contributed by atoms with Crippen molar-refractivity contribution in [3.63, 3.8) is 0 Å². The van der Waals surface area contributed by atoms with Gasteiger partial charge in [-0.1, -0.05) is 0 Å². The minimum absolute atomic E-state index is 0.136. The standard InChI is InChI=1S/C11H11NO4/c1-14-11(13)9-3-2-8(16-9)10(12)7-4-5-15-6-7/h2-6,10H,12H2,1H3. The van der Waals surface area contributed by atoms with Gasteiger partial charge in [-0.2, -0.15) is 0 Å². The molecule has 0 aromatic carbocycles. The fourth-order valence-corrected chi connectivity index (χ4v) is 1.35. The Hall–Kier alpha value is -2.01. The average Bonchev–Trinajstić information content (AvgIpc) is 2.97. The van der Waals surface area contributed by atoms with Crippen molar-refractivity contribution in [3.8, 4) is 0 Å². The second-order valence-corrected chi connectivity index (χ2v) is 3.23. The zero-order valence-corrected chi connectivity index (χ0v) is 8.67. The normalized spacial score (nSPS) is 12.4. The first-order chi connectivity index (χ1) is 7.72. The van der Waals surface area contributed by atoms with Crippen LogP contribution in [0.15, 0.2) is 39.6 Å². The minimum atomic E-state index is -0.523. The first kappa shape index (κ1) is 10.5. The quantitative estimate of drug-likeness (QED) is 0.798. The van der Waals surface area contributed by atoms with Crippen LogP contribution in [-0.4, -0.2) is 13.1 Å². The van der Waals surface area contributed by atoms with Gasteiger partial charge in [0.15, 0.2) is 0 Å². The zero-order valence-electron chi connectivity index (χ0n) is 8.67. The van der Waals surface area contributed by atoms with Gasteiger partial charge in [0.2, 0.25) is 5.76 Å². The molecule has 2 N–H and O–H groups in total. The molecule has 1 atom stereocenters. The number of nitrogens with two attached hydrogens (primary N) is 1. The topological polar surface area (TPSA) is 78.6 Å². The van der Waals surface area contributed by atoms with Crippen LogP contribution in [0.3, 0.4) is 0 Å². The van der Waals surface area contributed by atoms with Crippen molar-refractivity contribution in [3.05, 3.63) is 47.8 Å². The summed E-state index contributed by atoms with van der Waals surface area (Å²) in [6.07, 6.45) is 3.06. The summed E-state index contributed by atoms with van der Waals surface area (Å²) >= 11 is 0. The molecule has 16 heavy (non-hydrogen) atoms. The van der Waals surface area contributed by atoms with Gasteiger partial charge in [-0.05, 0) is 18.2 Å². The number of hydrogen-bond acceptors (Lipinski definition) is 5. The lowest BCUT2D eigenvalue weighted by Gasteiger charge is -2.04. The molecule has 1 unspecified atom stereocenters. The first-order valence-corrected chi connectivity index (χ1v) is 4.68. The predicted molar refractivity (Wildman–Crippen MR) is 54.8 cm³/mol. The Kier molecular flexibility index (Phi) is 2.78. The molecule has 2 heterocycles. The molecule has 2 aromatic heterocycles. The molecule has 0 aliphatic carbocycles. The highest BCUT2D eigenvalue weighted by atomic mass is 16.5. The van der Waals surface area contributed by atoms with Gasteiger partial charge >= 0.3 is 5.97 Å².